The van der Waals surface area contributed by atoms with E-state index in [1.54, 1.807) is 65.8 Å². The third kappa shape index (κ3) is 11.6. The number of carbonyl (C=O) groups excluding carboxylic acids is 3. The van der Waals surface area contributed by atoms with Gasteiger partial charge in [0.25, 0.3) is 0 Å². The number of aliphatic carboxylic acids is 1. The Morgan fingerprint density at radius 2 is 1.48 bits per heavy atom. The molecule has 0 aliphatic carbocycles. The van der Waals surface area contributed by atoms with Crippen LogP contribution >= 0.6 is 0 Å². The Morgan fingerprint density at radius 1 is 0.935 bits per heavy atom. The summed E-state index contributed by atoms with van der Waals surface area (Å²) in [6.45, 7) is 10.2. The molecule has 0 fully saturated rings. The number of carboxylic acids is 1. The summed E-state index contributed by atoms with van der Waals surface area (Å²) in [4.78, 5) is 47.6. The van der Waals surface area contributed by atoms with Gasteiger partial charge in [-0.05, 0) is 65.7 Å². The molecule has 1 aromatic rings. The molecule has 1 rings (SSSR count). The zero-order chi connectivity index (χ0) is 23.8. The molecule has 1 atom stereocenters. The number of carboxylic acid groups (broad SMARTS) is 1. The minimum Gasteiger partial charge on any atom is -0.481 e. The summed E-state index contributed by atoms with van der Waals surface area (Å²) in [6, 6.07) is 5.35. The fourth-order valence-corrected chi connectivity index (χ4v) is 2.45. The van der Waals surface area contributed by atoms with Gasteiger partial charge in [-0.1, -0.05) is 12.1 Å². The fourth-order valence-electron chi connectivity index (χ4n) is 2.45. The summed E-state index contributed by atoms with van der Waals surface area (Å²) in [5.74, 6) is -1.97. The van der Waals surface area contributed by atoms with Crippen LogP contribution in [0.5, 0.6) is 0 Å². The Labute approximate surface area is 182 Å². The van der Waals surface area contributed by atoms with Gasteiger partial charge in [0.2, 0.25) is 5.91 Å². The molecule has 0 saturated heterocycles. The van der Waals surface area contributed by atoms with E-state index in [1.807, 2.05) is 0 Å². The lowest BCUT2D eigenvalue weighted by Gasteiger charge is -2.26. The van der Waals surface area contributed by atoms with Crippen molar-refractivity contribution in [2.45, 2.75) is 78.0 Å². The number of anilines is 1. The molecule has 0 spiro atoms. The fraction of sp³-hybridized carbons (Fsp3) is 0.545. The highest BCUT2D eigenvalue weighted by Crippen LogP contribution is 2.14. The van der Waals surface area contributed by atoms with Gasteiger partial charge in [-0.2, -0.15) is 0 Å². The molecule has 31 heavy (non-hydrogen) atoms. The van der Waals surface area contributed by atoms with E-state index in [2.05, 4.69) is 10.6 Å². The molecule has 0 radical (unpaired) electrons. The summed E-state index contributed by atoms with van der Waals surface area (Å²) in [7, 11) is 0. The highest BCUT2D eigenvalue weighted by molar-refractivity contribution is 5.91. The number of esters is 1. The molecule has 1 aromatic carbocycles. The van der Waals surface area contributed by atoms with Crippen LogP contribution in [0.4, 0.5) is 10.5 Å². The number of amides is 2. The van der Waals surface area contributed by atoms with Crippen LogP contribution in [0, 0.1) is 0 Å². The molecule has 0 heterocycles. The Morgan fingerprint density at radius 3 is 1.97 bits per heavy atom. The quantitative estimate of drug-likeness (QED) is 0.533. The van der Waals surface area contributed by atoms with Crippen LogP contribution in [0.2, 0.25) is 0 Å². The van der Waals surface area contributed by atoms with Crippen molar-refractivity contribution in [2.75, 3.05) is 5.32 Å². The second-order valence-electron chi connectivity index (χ2n) is 9.09. The first kappa shape index (κ1) is 25.9. The van der Waals surface area contributed by atoms with Crippen LogP contribution in [-0.2, 0) is 30.3 Å². The van der Waals surface area contributed by atoms with Crippen LogP contribution in [0.3, 0.4) is 0 Å². The van der Waals surface area contributed by atoms with E-state index >= 15 is 0 Å². The van der Waals surface area contributed by atoms with E-state index in [0.717, 1.165) is 0 Å². The number of benzene rings is 1. The van der Waals surface area contributed by atoms with Crippen molar-refractivity contribution in [2.24, 2.45) is 0 Å². The predicted molar refractivity (Wildman–Crippen MR) is 115 cm³/mol. The topological polar surface area (TPSA) is 131 Å². The van der Waals surface area contributed by atoms with Crippen molar-refractivity contribution in [3.05, 3.63) is 29.8 Å². The van der Waals surface area contributed by atoms with E-state index in [4.69, 9.17) is 14.6 Å². The SMILES string of the molecule is CC(C)(C)OC(=O)N[C@H](CCC(=O)Nc1ccc(CC(=O)O)cc1)C(=O)OC(C)(C)C. The maximum absolute atomic E-state index is 12.5. The van der Waals surface area contributed by atoms with Crippen molar-refractivity contribution in [3.8, 4) is 0 Å². The Kier molecular flexibility index (Phi) is 9.02. The van der Waals surface area contributed by atoms with Crippen molar-refractivity contribution in [1.82, 2.24) is 5.32 Å². The molecule has 0 saturated carbocycles. The summed E-state index contributed by atoms with van der Waals surface area (Å²) in [5, 5.41) is 13.9. The van der Waals surface area contributed by atoms with Crippen molar-refractivity contribution in [3.63, 3.8) is 0 Å². The monoisotopic (exact) mass is 436 g/mol. The molecule has 0 bridgehead atoms. The first-order chi connectivity index (χ1) is 14.1. The normalized spacial score (nSPS) is 12.5. The standard InChI is InChI=1S/C22H32N2O7/c1-21(2,3)30-19(28)16(24-20(29)31-22(4,5)6)11-12-17(25)23-15-9-7-14(8-10-15)13-18(26)27/h7-10,16H,11-13H2,1-6H3,(H,23,25)(H,24,29)(H,26,27)/t16-/m1/s1. The molecule has 0 aliphatic rings. The molecule has 2 amide bonds. The highest BCUT2D eigenvalue weighted by Gasteiger charge is 2.29. The van der Waals surface area contributed by atoms with Gasteiger partial charge >= 0.3 is 18.0 Å². The van der Waals surface area contributed by atoms with Gasteiger partial charge < -0.3 is 25.2 Å². The molecular weight excluding hydrogens is 404 g/mol. The highest BCUT2D eigenvalue weighted by atomic mass is 16.6. The van der Waals surface area contributed by atoms with Gasteiger partial charge in [-0.15, -0.1) is 0 Å². The van der Waals surface area contributed by atoms with Gasteiger partial charge in [0.1, 0.15) is 17.2 Å². The van der Waals surface area contributed by atoms with E-state index in [0.29, 0.717) is 11.3 Å². The molecule has 9 nitrogen and oxygen atoms in total. The summed E-state index contributed by atoms with van der Waals surface area (Å²) < 4.78 is 10.5. The molecule has 0 aliphatic heterocycles. The van der Waals surface area contributed by atoms with Crippen molar-refractivity contribution >= 4 is 29.6 Å². The molecule has 0 unspecified atom stereocenters. The van der Waals surface area contributed by atoms with E-state index < -0.39 is 35.3 Å². The molecule has 3 N–H and O–H groups in total. The molecule has 0 aromatic heterocycles. The zero-order valence-electron chi connectivity index (χ0n) is 18.9. The van der Waals surface area contributed by atoms with Crippen LogP contribution in [-0.4, -0.2) is 46.3 Å². The smallest absolute Gasteiger partial charge is 0.408 e. The van der Waals surface area contributed by atoms with Gasteiger partial charge in [0, 0.05) is 12.1 Å². The maximum atomic E-state index is 12.5. The lowest BCUT2D eigenvalue weighted by molar-refractivity contribution is -0.157. The maximum Gasteiger partial charge on any atom is 0.408 e. The average molecular weight is 437 g/mol. The number of ether oxygens (including phenoxy) is 2. The van der Waals surface area contributed by atoms with Crippen molar-refractivity contribution in [1.29, 1.82) is 0 Å². The first-order valence-electron chi connectivity index (χ1n) is 9.97. The van der Waals surface area contributed by atoms with Gasteiger partial charge in [0.15, 0.2) is 0 Å². The summed E-state index contributed by atoms with van der Waals surface area (Å²) >= 11 is 0. The zero-order valence-corrected chi connectivity index (χ0v) is 18.9. The minimum absolute atomic E-state index is 0.0110. The van der Waals surface area contributed by atoms with E-state index in [9.17, 15) is 19.2 Å². The van der Waals surface area contributed by atoms with Crippen LogP contribution in [0.25, 0.3) is 0 Å². The third-order valence-electron chi connectivity index (χ3n) is 3.64. The number of hydrogen-bond acceptors (Lipinski definition) is 6. The summed E-state index contributed by atoms with van der Waals surface area (Å²) in [6.07, 6.45) is -0.937. The second-order valence-corrected chi connectivity index (χ2v) is 9.09. The molecule has 9 heteroatoms. The predicted octanol–water partition coefficient (Wildman–Crippen LogP) is 3.27. The number of rotatable bonds is 8. The Balaban J connectivity index is 2.72. The summed E-state index contributed by atoms with van der Waals surface area (Å²) in [5.41, 5.74) is -0.400. The average Bonchev–Trinajstić information content (AvgIpc) is 2.56. The number of carbonyl (C=O) groups is 4. The van der Waals surface area contributed by atoms with Crippen LogP contribution in [0.1, 0.15) is 59.9 Å². The van der Waals surface area contributed by atoms with Gasteiger partial charge in [-0.3, -0.25) is 9.59 Å². The van der Waals surface area contributed by atoms with Gasteiger partial charge in [-0.25, -0.2) is 9.59 Å². The van der Waals surface area contributed by atoms with E-state index in [1.165, 1.54) is 0 Å². The Bertz CT molecular complexity index is 790. The van der Waals surface area contributed by atoms with E-state index in [-0.39, 0.29) is 25.2 Å². The van der Waals surface area contributed by atoms with Crippen molar-refractivity contribution < 1.29 is 33.8 Å². The number of nitrogens with one attached hydrogen (secondary N) is 2. The lowest BCUT2D eigenvalue weighted by Crippen LogP contribution is -2.46. The Hall–Kier alpha value is -3.10. The van der Waals surface area contributed by atoms with Crippen LogP contribution in [0.15, 0.2) is 24.3 Å². The minimum atomic E-state index is -1.06. The van der Waals surface area contributed by atoms with Gasteiger partial charge in [0.05, 0.1) is 6.42 Å². The molecule has 172 valence electrons. The molecular formula is C22H32N2O7. The van der Waals surface area contributed by atoms with Crippen LogP contribution < -0.4 is 10.6 Å². The number of hydrogen-bond donors (Lipinski definition) is 3. The largest absolute Gasteiger partial charge is 0.481 e. The lowest BCUT2D eigenvalue weighted by atomic mass is 10.1. The second kappa shape index (κ2) is 10.8. The number of alkyl carbamates (subject to hydrolysis) is 1. The first-order valence-corrected chi connectivity index (χ1v) is 9.97. The third-order valence-corrected chi connectivity index (χ3v) is 3.64.